The van der Waals surface area contributed by atoms with Crippen molar-refractivity contribution < 1.29 is 14.4 Å². The minimum atomic E-state index is -0.557. The molecule has 2 aromatic carbocycles. The van der Waals surface area contributed by atoms with Crippen molar-refractivity contribution in [2.24, 2.45) is 5.73 Å². The molecule has 0 spiro atoms. The van der Waals surface area contributed by atoms with Gasteiger partial charge < -0.3 is 16.4 Å². The van der Waals surface area contributed by atoms with E-state index in [1.54, 1.807) is 30.3 Å². The number of rotatable bonds is 6. The van der Waals surface area contributed by atoms with Crippen LogP contribution in [0.5, 0.6) is 0 Å². The molecule has 1 fully saturated rings. The molecule has 30 heavy (non-hydrogen) atoms. The summed E-state index contributed by atoms with van der Waals surface area (Å²) < 4.78 is 1.09. The predicted octanol–water partition coefficient (Wildman–Crippen LogP) is 3.36. The van der Waals surface area contributed by atoms with Crippen LogP contribution in [0.15, 0.2) is 42.5 Å². The third kappa shape index (κ3) is 5.65. The molecule has 10 heteroatoms. The molecule has 1 heterocycles. The Morgan fingerprint density at radius 2 is 1.73 bits per heavy atom. The highest BCUT2D eigenvalue weighted by atomic mass is 35.5. The fourth-order valence-corrected chi connectivity index (χ4v) is 3.50. The van der Waals surface area contributed by atoms with E-state index in [0.29, 0.717) is 34.2 Å². The molecule has 1 aliphatic heterocycles. The molecule has 3 rings (SSSR count). The number of amides is 4. The lowest BCUT2D eigenvalue weighted by Gasteiger charge is -2.18. The molecule has 0 bridgehead atoms. The molecule has 158 valence electrons. The largest absolute Gasteiger partial charge is 0.366 e. The molecule has 0 unspecified atom stereocenters. The lowest BCUT2D eigenvalue weighted by molar-refractivity contribution is -0.117. The maximum absolute atomic E-state index is 12.4. The number of carbonyl (C=O) groups is 3. The molecule has 4 N–H and O–H groups in total. The van der Waals surface area contributed by atoms with Gasteiger partial charge in [0, 0.05) is 11.3 Å². The minimum Gasteiger partial charge on any atom is -0.366 e. The van der Waals surface area contributed by atoms with Crippen LogP contribution in [0.2, 0.25) is 5.02 Å². The number of nitrogens with zero attached hydrogens (tertiary/aromatic N) is 2. The number of carbonyl (C=O) groups excluding carboxylic acids is 3. The van der Waals surface area contributed by atoms with Gasteiger partial charge in [-0.1, -0.05) is 24.4 Å². The zero-order valence-corrected chi connectivity index (χ0v) is 17.7. The van der Waals surface area contributed by atoms with Crippen molar-refractivity contribution in [3.05, 3.63) is 53.1 Å². The molecular weight excluding hydrogens is 426 g/mol. The van der Waals surface area contributed by atoms with Crippen LogP contribution >= 0.6 is 24.4 Å². The number of benzene rings is 2. The highest BCUT2D eigenvalue weighted by molar-refractivity contribution is 7.82. The number of hydrogen-bond donors (Lipinski definition) is 4. The second kappa shape index (κ2) is 9.84. The van der Waals surface area contributed by atoms with Gasteiger partial charge in [-0.25, -0.2) is 9.10 Å². The quantitative estimate of drug-likeness (QED) is 0.509. The van der Waals surface area contributed by atoms with Gasteiger partial charge in [-0.3, -0.25) is 14.5 Å². The zero-order chi connectivity index (χ0) is 21.7. The van der Waals surface area contributed by atoms with Crippen LogP contribution in [0.25, 0.3) is 0 Å². The number of primary amides is 1. The number of thiol groups is 1. The van der Waals surface area contributed by atoms with E-state index in [9.17, 15) is 14.4 Å². The Hall–Kier alpha value is -2.75. The summed E-state index contributed by atoms with van der Waals surface area (Å²) in [5, 5.41) is 5.77. The van der Waals surface area contributed by atoms with Gasteiger partial charge in [0.25, 0.3) is 0 Å². The first-order valence-corrected chi connectivity index (χ1v) is 10.1. The summed E-state index contributed by atoms with van der Waals surface area (Å²) in [4.78, 5) is 37.8. The predicted molar refractivity (Wildman–Crippen MR) is 121 cm³/mol. The van der Waals surface area contributed by atoms with Crippen molar-refractivity contribution in [2.45, 2.75) is 12.8 Å². The molecule has 8 nitrogen and oxygen atoms in total. The summed E-state index contributed by atoms with van der Waals surface area (Å²) in [6.45, 7) is 2.19. The van der Waals surface area contributed by atoms with E-state index < -0.39 is 11.9 Å². The molecule has 0 atom stereocenters. The maximum atomic E-state index is 12.4. The van der Waals surface area contributed by atoms with Crippen molar-refractivity contribution in [1.29, 1.82) is 0 Å². The van der Waals surface area contributed by atoms with Crippen LogP contribution in [0.3, 0.4) is 0 Å². The number of hydrogen-bond acceptors (Lipinski definition) is 5. The fourth-order valence-electron chi connectivity index (χ4n) is 3.09. The molecule has 2 aromatic rings. The zero-order valence-electron chi connectivity index (χ0n) is 16.1. The SMILES string of the molecule is NC(=O)c1ccc(N(S)C(=O)Nc2ccc(NC(=O)CN3CCCC3)c(Cl)c2)cc1. The standard InChI is InChI=1S/C20H22ClN5O3S/c21-16-11-14(5-8-17(16)24-18(27)12-25-9-1-2-10-25)23-20(29)26(30)15-6-3-13(4-7-15)19(22)28/h3-8,11,30H,1-2,9-10,12H2,(H2,22,28)(H,23,29)(H,24,27). The number of likely N-dealkylation sites (tertiary alicyclic amines) is 1. The lowest BCUT2D eigenvalue weighted by atomic mass is 10.2. The van der Waals surface area contributed by atoms with E-state index in [0.717, 1.165) is 30.2 Å². The summed E-state index contributed by atoms with van der Waals surface area (Å²) in [5.74, 6) is -0.685. The monoisotopic (exact) mass is 447 g/mol. The lowest BCUT2D eigenvalue weighted by Crippen LogP contribution is -2.31. The third-order valence-electron chi connectivity index (χ3n) is 4.65. The molecule has 4 amide bonds. The van der Waals surface area contributed by atoms with Crippen molar-refractivity contribution >= 4 is 59.3 Å². The molecular formula is C20H22ClN5O3S. The van der Waals surface area contributed by atoms with Crippen LogP contribution in [0, 0.1) is 0 Å². The molecule has 1 saturated heterocycles. The fraction of sp³-hybridized carbons (Fsp3) is 0.250. The highest BCUT2D eigenvalue weighted by Crippen LogP contribution is 2.26. The van der Waals surface area contributed by atoms with Gasteiger partial charge in [-0.05, 0) is 68.4 Å². The topological polar surface area (TPSA) is 108 Å². The Kier molecular flexibility index (Phi) is 7.20. The maximum Gasteiger partial charge on any atom is 0.336 e. The van der Waals surface area contributed by atoms with E-state index in [1.807, 2.05) is 0 Å². The van der Waals surface area contributed by atoms with Crippen molar-refractivity contribution in [3.8, 4) is 0 Å². The summed E-state index contributed by atoms with van der Waals surface area (Å²) in [6, 6.07) is 10.4. The van der Waals surface area contributed by atoms with Gasteiger partial charge >= 0.3 is 6.03 Å². The molecule has 0 radical (unpaired) electrons. The Morgan fingerprint density at radius 3 is 2.33 bits per heavy atom. The first-order chi connectivity index (χ1) is 14.3. The van der Waals surface area contributed by atoms with E-state index >= 15 is 0 Å². The van der Waals surface area contributed by atoms with E-state index in [2.05, 4.69) is 28.3 Å². The van der Waals surface area contributed by atoms with E-state index in [4.69, 9.17) is 17.3 Å². The van der Waals surface area contributed by atoms with Gasteiger partial charge in [0.15, 0.2) is 0 Å². The number of nitrogens with one attached hydrogen (secondary N) is 2. The summed E-state index contributed by atoms with van der Waals surface area (Å²) in [7, 11) is 0. The second-order valence-electron chi connectivity index (χ2n) is 6.88. The normalized spacial score (nSPS) is 13.7. The highest BCUT2D eigenvalue weighted by Gasteiger charge is 2.17. The Labute approximate surface area is 184 Å². The number of urea groups is 1. The first-order valence-electron chi connectivity index (χ1n) is 9.35. The summed E-state index contributed by atoms with van der Waals surface area (Å²) in [6.07, 6.45) is 2.22. The van der Waals surface area contributed by atoms with E-state index in [-0.39, 0.29) is 5.91 Å². The minimum absolute atomic E-state index is 0.128. The molecule has 0 aliphatic carbocycles. The first kappa shape index (κ1) is 21.9. The van der Waals surface area contributed by atoms with Crippen molar-refractivity contribution in [3.63, 3.8) is 0 Å². The van der Waals surface area contributed by atoms with Crippen molar-refractivity contribution in [1.82, 2.24) is 4.90 Å². The molecule has 0 aromatic heterocycles. The van der Waals surface area contributed by atoms with Crippen LogP contribution in [-0.4, -0.2) is 42.4 Å². The van der Waals surface area contributed by atoms with Crippen LogP contribution in [0.1, 0.15) is 23.2 Å². The summed E-state index contributed by atoms with van der Waals surface area (Å²) in [5.41, 5.74) is 6.91. The Bertz CT molecular complexity index is 948. The van der Waals surface area contributed by atoms with Gasteiger partial charge in [0.05, 0.1) is 22.9 Å². The average Bonchev–Trinajstić information content (AvgIpc) is 3.22. The second-order valence-corrected chi connectivity index (χ2v) is 7.69. The summed E-state index contributed by atoms with van der Waals surface area (Å²) >= 11 is 10.4. The Morgan fingerprint density at radius 1 is 1.07 bits per heavy atom. The van der Waals surface area contributed by atoms with Gasteiger partial charge in [-0.2, -0.15) is 0 Å². The van der Waals surface area contributed by atoms with Gasteiger partial charge in [-0.15, -0.1) is 0 Å². The number of halogens is 1. The smallest absolute Gasteiger partial charge is 0.336 e. The van der Waals surface area contributed by atoms with Gasteiger partial charge in [0.1, 0.15) is 0 Å². The van der Waals surface area contributed by atoms with Crippen LogP contribution in [0.4, 0.5) is 21.9 Å². The Balaban J connectivity index is 1.59. The van der Waals surface area contributed by atoms with Crippen LogP contribution in [-0.2, 0) is 4.79 Å². The molecule has 1 aliphatic rings. The average molecular weight is 448 g/mol. The van der Waals surface area contributed by atoms with Gasteiger partial charge in [0.2, 0.25) is 11.8 Å². The van der Waals surface area contributed by atoms with Crippen molar-refractivity contribution in [2.75, 3.05) is 34.6 Å². The molecule has 0 saturated carbocycles. The number of anilines is 3. The number of nitrogens with two attached hydrogens (primary N) is 1. The van der Waals surface area contributed by atoms with Crippen LogP contribution < -0.4 is 20.7 Å². The third-order valence-corrected chi connectivity index (χ3v) is 5.37. The van der Waals surface area contributed by atoms with E-state index in [1.165, 1.54) is 12.1 Å².